The second-order valence-electron chi connectivity index (χ2n) is 3.84. The number of nitrogens with zero attached hydrogens (tertiary/aromatic N) is 2. The van der Waals surface area contributed by atoms with E-state index in [2.05, 4.69) is 15.5 Å². The van der Waals surface area contributed by atoms with Crippen LogP contribution in [0.5, 0.6) is 0 Å². The van der Waals surface area contributed by atoms with E-state index in [9.17, 15) is 4.79 Å². The van der Waals surface area contributed by atoms with Crippen molar-refractivity contribution in [3.05, 3.63) is 27.3 Å². The van der Waals surface area contributed by atoms with E-state index in [0.29, 0.717) is 24.5 Å². The number of nitrogens with one attached hydrogen (secondary N) is 1. The molecule has 96 valence electrons. The molecule has 7 heteroatoms. The van der Waals surface area contributed by atoms with Crippen LogP contribution in [-0.2, 0) is 6.42 Å². The van der Waals surface area contributed by atoms with Gasteiger partial charge in [-0.2, -0.15) is 0 Å². The maximum Gasteiger partial charge on any atom is 0.277 e. The first kappa shape index (κ1) is 12.7. The molecule has 0 aliphatic carbocycles. The molecule has 2 rings (SSSR count). The number of amides is 1. The zero-order valence-corrected chi connectivity index (χ0v) is 11.0. The molecule has 0 unspecified atom stereocenters. The number of hydrogen-bond donors (Lipinski definition) is 2. The Kier molecular flexibility index (Phi) is 3.73. The van der Waals surface area contributed by atoms with Crippen molar-refractivity contribution in [2.24, 2.45) is 5.73 Å². The van der Waals surface area contributed by atoms with Crippen LogP contribution in [0.15, 0.2) is 9.90 Å². The first-order valence-electron chi connectivity index (χ1n) is 5.50. The number of aryl methyl sites for hydroxylation is 1. The summed E-state index contributed by atoms with van der Waals surface area (Å²) in [6.07, 6.45) is 0.679. The SMILES string of the molecule is Cc1noc(NC(=O)c2csc(CCN)n2)c1C. The van der Waals surface area contributed by atoms with Crippen molar-refractivity contribution >= 4 is 23.1 Å². The van der Waals surface area contributed by atoms with Gasteiger partial charge in [0.05, 0.1) is 10.7 Å². The lowest BCUT2D eigenvalue weighted by Gasteiger charge is -1.98. The molecule has 18 heavy (non-hydrogen) atoms. The summed E-state index contributed by atoms with van der Waals surface area (Å²) in [5, 5.41) is 8.98. The van der Waals surface area contributed by atoms with Crippen LogP contribution in [0.3, 0.4) is 0 Å². The normalized spacial score (nSPS) is 10.6. The fourth-order valence-electron chi connectivity index (χ4n) is 1.35. The Bertz CT molecular complexity index is 561. The third-order valence-corrected chi connectivity index (χ3v) is 3.44. The number of thiazole rings is 1. The monoisotopic (exact) mass is 266 g/mol. The van der Waals surface area contributed by atoms with Crippen LogP contribution in [0.25, 0.3) is 0 Å². The Morgan fingerprint density at radius 3 is 2.94 bits per heavy atom. The summed E-state index contributed by atoms with van der Waals surface area (Å²) < 4.78 is 5.02. The van der Waals surface area contributed by atoms with E-state index in [0.717, 1.165) is 16.3 Å². The van der Waals surface area contributed by atoms with Crippen molar-refractivity contribution in [2.45, 2.75) is 20.3 Å². The predicted molar refractivity (Wildman–Crippen MR) is 68.8 cm³/mol. The molecule has 0 aliphatic heterocycles. The highest BCUT2D eigenvalue weighted by atomic mass is 32.1. The van der Waals surface area contributed by atoms with Gasteiger partial charge in [0.15, 0.2) is 0 Å². The minimum absolute atomic E-state index is 0.297. The highest BCUT2D eigenvalue weighted by Gasteiger charge is 2.15. The van der Waals surface area contributed by atoms with Crippen LogP contribution in [0.1, 0.15) is 26.8 Å². The van der Waals surface area contributed by atoms with Crippen LogP contribution >= 0.6 is 11.3 Å². The number of anilines is 1. The molecule has 1 amide bonds. The fourth-order valence-corrected chi connectivity index (χ4v) is 2.15. The van der Waals surface area contributed by atoms with Crippen molar-refractivity contribution in [1.29, 1.82) is 0 Å². The number of rotatable bonds is 4. The van der Waals surface area contributed by atoms with Crippen molar-refractivity contribution in [3.8, 4) is 0 Å². The molecule has 3 N–H and O–H groups in total. The predicted octanol–water partition coefficient (Wildman–Crippen LogP) is 1.50. The molecule has 0 radical (unpaired) electrons. The third-order valence-electron chi connectivity index (χ3n) is 2.53. The van der Waals surface area contributed by atoms with E-state index in [1.807, 2.05) is 13.8 Å². The molecule has 0 spiro atoms. The van der Waals surface area contributed by atoms with Crippen LogP contribution in [-0.4, -0.2) is 22.6 Å². The molecule has 2 aromatic heterocycles. The molecular weight excluding hydrogens is 252 g/mol. The summed E-state index contributed by atoms with van der Waals surface area (Å²) in [5.41, 5.74) is 7.38. The van der Waals surface area contributed by atoms with Gasteiger partial charge in [-0.3, -0.25) is 10.1 Å². The van der Waals surface area contributed by atoms with E-state index in [1.54, 1.807) is 5.38 Å². The lowest BCUT2D eigenvalue weighted by atomic mass is 10.3. The summed E-state index contributed by atoms with van der Waals surface area (Å²) in [6.45, 7) is 4.17. The van der Waals surface area contributed by atoms with E-state index in [1.165, 1.54) is 11.3 Å². The van der Waals surface area contributed by atoms with Gasteiger partial charge in [-0.15, -0.1) is 11.3 Å². The van der Waals surface area contributed by atoms with Crippen LogP contribution < -0.4 is 11.1 Å². The molecule has 6 nitrogen and oxygen atoms in total. The molecule has 0 aliphatic rings. The van der Waals surface area contributed by atoms with Crippen LogP contribution in [0.4, 0.5) is 5.88 Å². The Labute approximate surface area is 108 Å². The molecule has 0 bridgehead atoms. The number of hydrogen-bond acceptors (Lipinski definition) is 6. The van der Waals surface area contributed by atoms with Gasteiger partial charge in [0.25, 0.3) is 5.91 Å². The molecular formula is C11H14N4O2S. The van der Waals surface area contributed by atoms with E-state index in [4.69, 9.17) is 10.3 Å². The topological polar surface area (TPSA) is 94.0 Å². The van der Waals surface area contributed by atoms with Crippen molar-refractivity contribution < 1.29 is 9.32 Å². The largest absolute Gasteiger partial charge is 0.338 e. The van der Waals surface area contributed by atoms with E-state index < -0.39 is 0 Å². The summed E-state index contributed by atoms with van der Waals surface area (Å²) in [5.74, 6) is 0.0691. The summed E-state index contributed by atoms with van der Waals surface area (Å²) in [4.78, 5) is 16.1. The van der Waals surface area contributed by atoms with Gasteiger partial charge in [0.2, 0.25) is 5.88 Å². The Balaban J connectivity index is 2.09. The molecule has 2 aromatic rings. The van der Waals surface area contributed by atoms with Gasteiger partial charge in [-0.25, -0.2) is 4.98 Å². The fraction of sp³-hybridized carbons (Fsp3) is 0.364. The van der Waals surface area contributed by atoms with Gasteiger partial charge in [-0.1, -0.05) is 5.16 Å². The Morgan fingerprint density at radius 2 is 2.33 bits per heavy atom. The average molecular weight is 266 g/mol. The zero-order chi connectivity index (χ0) is 13.1. The highest BCUT2D eigenvalue weighted by Crippen LogP contribution is 2.19. The van der Waals surface area contributed by atoms with E-state index >= 15 is 0 Å². The lowest BCUT2D eigenvalue weighted by molar-refractivity contribution is 0.101. The lowest BCUT2D eigenvalue weighted by Crippen LogP contribution is -2.13. The molecule has 0 saturated heterocycles. The maximum absolute atomic E-state index is 11.9. The Morgan fingerprint density at radius 1 is 1.56 bits per heavy atom. The van der Waals surface area contributed by atoms with Crippen LogP contribution in [0, 0.1) is 13.8 Å². The quantitative estimate of drug-likeness (QED) is 0.874. The molecule has 0 fully saturated rings. The molecule has 0 aromatic carbocycles. The van der Waals surface area contributed by atoms with Gasteiger partial charge in [0.1, 0.15) is 5.69 Å². The summed E-state index contributed by atoms with van der Waals surface area (Å²) in [7, 11) is 0. The first-order chi connectivity index (χ1) is 8.61. The van der Waals surface area contributed by atoms with Crippen molar-refractivity contribution in [1.82, 2.24) is 10.1 Å². The number of carbonyl (C=O) groups is 1. The summed E-state index contributed by atoms with van der Waals surface area (Å²) >= 11 is 1.42. The highest BCUT2D eigenvalue weighted by molar-refractivity contribution is 7.09. The first-order valence-corrected chi connectivity index (χ1v) is 6.38. The number of nitrogens with two attached hydrogens (primary N) is 1. The zero-order valence-electron chi connectivity index (χ0n) is 10.2. The minimum Gasteiger partial charge on any atom is -0.338 e. The number of aromatic nitrogens is 2. The molecule has 0 atom stereocenters. The second kappa shape index (κ2) is 5.28. The third kappa shape index (κ3) is 2.57. The van der Waals surface area contributed by atoms with E-state index in [-0.39, 0.29) is 5.91 Å². The van der Waals surface area contributed by atoms with Gasteiger partial charge in [0, 0.05) is 17.4 Å². The maximum atomic E-state index is 11.9. The second-order valence-corrected chi connectivity index (χ2v) is 4.78. The van der Waals surface area contributed by atoms with Crippen LogP contribution in [0.2, 0.25) is 0 Å². The van der Waals surface area contributed by atoms with Crippen molar-refractivity contribution in [2.75, 3.05) is 11.9 Å². The molecule has 0 saturated carbocycles. The van der Waals surface area contributed by atoms with Gasteiger partial charge in [-0.05, 0) is 20.4 Å². The number of carbonyl (C=O) groups excluding carboxylic acids is 1. The average Bonchev–Trinajstić information content (AvgIpc) is 2.92. The van der Waals surface area contributed by atoms with Gasteiger partial charge >= 0.3 is 0 Å². The van der Waals surface area contributed by atoms with Crippen molar-refractivity contribution in [3.63, 3.8) is 0 Å². The summed E-state index contributed by atoms with van der Waals surface area (Å²) in [6, 6.07) is 0. The molecule has 2 heterocycles. The minimum atomic E-state index is -0.297. The van der Waals surface area contributed by atoms with Gasteiger partial charge < -0.3 is 10.3 Å². The Hall–Kier alpha value is -1.73. The standard InChI is InChI=1S/C11H14N4O2S/c1-6-7(2)15-17-11(6)14-10(16)8-5-18-9(13-8)3-4-12/h5H,3-4,12H2,1-2H3,(H,14,16). The smallest absolute Gasteiger partial charge is 0.277 e.